The Morgan fingerprint density at radius 2 is 2.00 bits per heavy atom. The SMILES string of the molecule is O=C(O)C(=O)Nc1cccc2ncccc12. The van der Waals surface area contributed by atoms with Crippen LogP contribution >= 0.6 is 0 Å². The van der Waals surface area contributed by atoms with Crippen LogP contribution in [0.1, 0.15) is 0 Å². The Bertz CT molecular complexity index is 561. The van der Waals surface area contributed by atoms with Crippen LogP contribution < -0.4 is 5.32 Å². The van der Waals surface area contributed by atoms with E-state index in [1.807, 2.05) is 0 Å². The average Bonchev–Trinajstić information content (AvgIpc) is 2.29. The fraction of sp³-hybridized carbons (Fsp3) is 0. The summed E-state index contributed by atoms with van der Waals surface area (Å²) in [6.07, 6.45) is 1.63. The smallest absolute Gasteiger partial charge is 0.394 e. The van der Waals surface area contributed by atoms with Gasteiger partial charge in [-0.3, -0.25) is 9.78 Å². The van der Waals surface area contributed by atoms with Crippen LogP contribution in [0.4, 0.5) is 5.69 Å². The Balaban J connectivity index is 2.45. The van der Waals surface area contributed by atoms with Gasteiger partial charge in [0.15, 0.2) is 0 Å². The van der Waals surface area contributed by atoms with Gasteiger partial charge in [0.05, 0.1) is 11.2 Å². The van der Waals surface area contributed by atoms with E-state index in [4.69, 9.17) is 5.11 Å². The van der Waals surface area contributed by atoms with Crippen molar-refractivity contribution in [2.24, 2.45) is 0 Å². The Morgan fingerprint density at radius 3 is 2.75 bits per heavy atom. The normalized spacial score (nSPS) is 10.0. The molecule has 16 heavy (non-hydrogen) atoms. The molecule has 0 spiro atoms. The molecule has 0 atom stereocenters. The number of hydrogen-bond acceptors (Lipinski definition) is 3. The number of nitrogens with one attached hydrogen (secondary N) is 1. The molecule has 0 unspecified atom stereocenters. The standard InChI is InChI=1S/C11H8N2O3/c14-10(11(15)16)13-9-5-1-4-8-7(9)3-2-6-12-8/h1-6H,(H,13,14)(H,15,16). The lowest BCUT2D eigenvalue weighted by Crippen LogP contribution is -2.21. The Labute approximate surface area is 90.7 Å². The molecular formula is C11H8N2O3. The molecule has 0 fully saturated rings. The van der Waals surface area contributed by atoms with E-state index in [-0.39, 0.29) is 0 Å². The first-order valence-electron chi connectivity index (χ1n) is 4.56. The van der Waals surface area contributed by atoms with Crippen LogP contribution in [0.15, 0.2) is 36.5 Å². The molecule has 0 saturated carbocycles. The summed E-state index contributed by atoms with van der Waals surface area (Å²) < 4.78 is 0. The summed E-state index contributed by atoms with van der Waals surface area (Å²) in [5, 5.41) is 11.5. The maximum Gasteiger partial charge on any atom is 0.394 e. The van der Waals surface area contributed by atoms with E-state index in [2.05, 4.69) is 10.3 Å². The molecule has 1 aromatic heterocycles. The van der Waals surface area contributed by atoms with Crippen LogP contribution in [0.25, 0.3) is 10.9 Å². The van der Waals surface area contributed by atoms with Gasteiger partial charge in [-0.25, -0.2) is 4.79 Å². The maximum absolute atomic E-state index is 11.0. The second kappa shape index (κ2) is 3.98. The highest BCUT2D eigenvalue weighted by molar-refractivity contribution is 6.37. The molecule has 0 bridgehead atoms. The van der Waals surface area contributed by atoms with Crippen LogP contribution in [0.5, 0.6) is 0 Å². The topological polar surface area (TPSA) is 79.3 Å². The third-order valence-corrected chi connectivity index (χ3v) is 2.09. The van der Waals surface area contributed by atoms with E-state index in [0.717, 1.165) is 0 Å². The number of aliphatic carboxylic acids is 1. The van der Waals surface area contributed by atoms with Gasteiger partial charge in [-0.15, -0.1) is 0 Å². The number of aromatic nitrogens is 1. The van der Waals surface area contributed by atoms with Gasteiger partial charge in [0.25, 0.3) is 0 Å². The Hall–Kier alpha value is -2.43. The van der Waals surface area contributed by atoms with Crippen molar-refractivity contribution in [2.75, 3.05) is 5.32 Å². The fourth-order valence-corrected chi connectivity index (χ4v) is 1.39. The lowest BCUT2D eigenvalue weighted by Gasteiger charge is -2.05. The maximum atomic E-state index is 11.0. The number of rotatable bonds is 1. The van der Waals surface area contributed by atoms with Crippen LogP contribution in [0.2, 0.25) is 0 Å². The van der Waals surface area contributed by atoms with E-state index >= 15 is 0 Å². The fourth-order valence-electron chi connectivity index (χ4n) is 1.39. The van der Waals surface area contributed by atoms with Crippen LogP contribution in [0, 0.1) is 0 Å². The summed E-state index contributed by atoms with van der Waals surface area (Å²) in [4.78, 5) is 25.5. The summed E-state index contributed by atoms with van der Waals surface area (Å²) in [5.41, 5.74) is 1.14. The van der Waals surface area contributed by atoms with Gasteiger partial charge in [0, 0.05) is 11.6 Å². The molecule has 5 nitrogen and oxygen atoms in total. The highest BCUT2D eigenvalue weighted by Gasteiger charge is 2.12. The van der Waals surface area contributed by atoms with Gasteiger partial charge < -0.3 is 10.4 Å². The molecule has 2 rings (SSSR count). The molecule has 1 amide bonds. The van der Waals surface area contributed by atoms with E-state index < -0.39 is 11.9 Å². The number of anilines is 1. The minimum absolute atomic E-state index is 0.443. The quantitative estimate of drug-likeness (QED) is 0.703. The molecular weight excluding hydrogens is 208 g/mol. The Kier molecular flexibility index (Phi) is 2.51. The van der Waals surface area contributed by atoms with Crippen molar-refractivity contribution in [3.05, 3.63) is 36.5 Å². The third kappa shape index (κ3) is 1.83. The zero-order valence-electron chi connectivity index (χ0n) is 8.18. The molecule has 1 heterocycles. The summed E-state index contributed by atoms with van der Waals surface area (Å²) in [5.74, 6) is -2.57. The molecule has 0 aliphatic heterocycles. The second-order valence-electron chi connectivity index (χ2n) is 3.13. The van der Waals surface area contributed by atoms with Gasteiger partial charge in [0.2, 0.25) is 0 Å². The van der Waals surface area contributed by atoms with Crippen molar-refractivity contribution in [3.63, 3.8) is 0 Å². The largest absolute Gasteiger partial charge is 0.474 e. The van der Waals surface area contributed by atoms with E-state index in [1.54, 1.807) is 36.5 Å². The lowest BCUT2D eigenvalue weighted by molar-refractivity contribution is -0.147. The monoisotopic (exact) mass is 216 g/mol. The van der Waals surface area contributed by atoms with Crippen molar-refractivity contribution in [3.8, 4) is 0 Å². The number of carbonyl (C=O) groups excluding carboxylic acids is 1. The molecule has 0 aliphatic rings. The van der Waals surface area contributed by atoms with E-state index in [1.165, 1.54) is 0 Å². The van der Waals surface area contributed by atoms with Crippen molar-refractivity contribution >= 4 is 28.5 Å². The number of nitrogens with zero attached hydrogens (tertiary/aromatic N) is 1. The summed E-state index contributed by atoms with van der Waals surface area (Å²) in [7, 11) is 0. The van der Waals surface area contributed by atoms with E-state index in [0.29, 0.717) is 16.6 Å². The number of fused-ring (bicyclic) bond motifs is 1. The lowest BCUT2D eigenvalue weighted by atomic mass is 10.2. The van der Waals surface area contributed by atoms with Crippen LogP contribution in [0.3, 0.4) is 0 Å². The molecule has 2 aromatic rings. The van der Waals surface area contributed by atoms with Gasteiger partial charge in [-0.05, 0) is 24.3 Å². The molecule has 1 aromatic carbocycles. The first-order chi connectivity index (χ1) is 7.68. The third-order valence-electron chi connectivity index (χ3n) is 2.09. The summed E-state index contributed by atoms with van der Waals surface area (Å²) >= 11 is 0. The minimum Gasteiger partial charge on any atom is -0.474 e. The van der Waals surface area contributed by atoms with Crippen LogP contribution in [-0.2, 0) is 9.59 Å². The highest BCUT2D eigenvalue weighted by Crippen LogP contribution is 2.20. The number of hydrogen-bond donors (Lipinski definition) is 2. The first-order valence-corrected chi connectivity index (χ1v) is 4.56. The molecule has 0 saturated heterocycles. The molecule has 80 valence electrons. The molecule has 5 heteroatoms. The van der Waals surface area contributed by atoms with Crippen molar-refractivity contribution in [2.45, 2.75) is 0 Å². The zero-order chi connectivity index (χ0) is 11.5. The molecule has 0 aliphatic carbocycles. The highest BCUT2D eigenvalue weighted by atomic mass is 16.4. The number of carboxylic acid groups (broad SMARTS) is 1. The van der Waals surface area contributed by atoms with Crippen molar-refractivity contribution in [1.82, 2.24) is 4.98 Å². The summed E-state index contributed by atoms with van der Waals surface area (Å²) in [6, 6.07) is 8.60. The van der Waals surface area contributed by atoms with Crippen molar-refractivity contribution < 1.29 is 14.7 Å². The van der Waals surface area contributed by atoms with Gasteiger partial charge in [-0.1, -0.05) is 6.07 Å². The molecule has 0 radical (unpaired) electrons. The number of benzene rings is 1. The van der Waals surface area contributed by atoms with Crippen molar-refractivity contribution in [1.29, 1.82) is 0 Å². The number of pyridine rings is 1. The summed E-state index contributed by atoms with van der Waals surface area (Å²) in [6.45, 7) is 0. The van der Waals surface area contributed by atoms with Gasteiger partial charge >= 0.3 is 11.9 Å². The average molecular weight is 216 g/mol. The number of amides is 1. The first kappa shape index (κ1) is 10.1. The number of carboxylic acids is 1. The number of carbonyl (C=O) groups is 2. The minimum atomic E-state index is -1.51. The Morgan fingerprint density at radius 1 is 1.19 bits per heavy atom. The van der Waals surface area contributed by atoms with E-state index in [9.17, 15) is 9.59 Å². The predicted molar refractivity (Wildman–Crippen MR) is 58.0 cm³/mol. The van der Waals surface area contributed by atoms with Gasteiger partial charge in [0.1, 0.15) is 0 Å². The van der Waals surface area contributed by atoms with Crippen LogP contribution in [-0.4, -0.2) is 22.0 Å². The van der Waals surface area contributed by atoms with Gasteiger partial charge in [-0.2, -0.15) is 0 Å². The zero-order valence-corrected chi connectivity index (χ0v) is 8.18. The second-order valence-corrected chi connectivity index (χ2v) is 3.13. The molecule has 2 N–H and O–H groups in total. The predicted octanol–water partition coefficient (Wildman–Crippen LogP) is 1.26.